The molecule has 6 rings (SSSR count). The number of hydrogen-bond acceptors (Lipinski definition) is 0. The van der Waals surface area contributed by atoms with Gasteiger partial charge in [-0.25, -0.2) is 0 Å². The zero-order valence-corrected chi connectivity index (χ0v) is 22.7. The van der Waals surface area contributed by atoms with E-state index in [9.17, 15) is 0 Å². The van der Waals surface area contributed by atoms with E-state index in [2.05, 4.69) is 141 Å². The Morgan fingerprint density at radius 3 is 1.95 bits per heavy atom. The van der Waals surface area contributed by atoms with Gasteiger partial charge in [-0.1, -0.05) is 148 Å². The number of rotatable bonds is 3. The number of fused-ring (bicyclic) bond motifs is 3. The molecule has 0 spiro atoms. The maximum Gasteiger partial charge on any atom is 0.0369 e. The largest absolute Gasteiger partial charge is 0.0911 e. The molecule has 0 heteroatoms. The normalized spacial score (nSPS) is 18.6. The predicted molar refractivity (Wildman–Crippen MR) is 166 cm³/mol. The first kappa shape index (κ1) is 25.5. The first-order chi connectivity index (χ1) is 18.7. The molecule has 0 aromatic heterocycles. The Balaban J connectivity index is 0.00000144. The summed E-state index contributed by atoms with van der Waals surface area (Å²) in [5.41, 5.74) is 12.2. The summed E-state index contributed by atoms with van der Waals surface area (Å²) in [6, 6.07) is 35.1. The molecule has 0 nitrogen and oxygen atoms in total. The fraction of sp³-hybridized carbons (Fsp3) is 0.158. The first-order valence-corrected chi connectivity index (χ1v) is 13.8. The summed E-state index contributed by atoms with van der Waals surface area (Å²) in [5.74, 6) is 0. The van der Waals surface area contributed by atoms with Crippen LogP contribution in [0.25, 0.3) is 33.4 Å². The molecule has 2 aliphatic rings. The Hall–Kier alpha value is -4.16. The Kier molecular flexibility index (Phi) is 7.43. The van der Waals surface area contributed by atoms with Crippen LogP contribution in [0.1, 0.15) is 55.9 Å². The smallest absolute Gasteiger partial charge is 0.0369 e. The molecule has 0 aliphatic heterocycles. The average Bonchev–Trinajstić information content (AvgIpc) is 3.01. The molecule has 1 unspecified atom stereocenters. The molecule has 0 amide bonds. The minimum absolute atomic E-state index is 0.348. The second kappa shape index (κ2) is 11.1. The van der Waals surface area contributed by atoms with E-state index in [-0.39, 0.29) is 5.41 Å². The van der Waals surface area contributed by atoms with Crippen molar-refractivity contribution in [3.63, 3.8) is 0 Å². The highest BCUT2D eigenvalue weighted by atomic mass is 14.4. The summed E-state index contributed by atoms with van der Waals surface area (Å²) in [6.45, 7) is 10.9. The highest BCUT2D eigenvalue weighted by Gasteiger charge is 2.35. The second-order valence-electron chi connectivity index (χ2n) is 9.89. The number of hydrogen-bond donors (Lipinski definition) is 0. The van der Waals surface area contributed by atoms with Gasteiger partial charge in [0.05, 0.1) is 0 Å². The molecule has 0 heterocycles. The van der Waals surface area contributed by atoms with Gasteiger partial charge in [0.25, 0.3) is 0 Å². The van der Waals surface area contributed by atoms with Crippen molar-refractivity contribution in [1.82, 2.24) is 0 Å². The predicted octanol–water partition coefficient (Wildman–Crippen LogP) is 10.7. The summed E-state index contributed by atoms with van der Waals surface area (Å²) in [6.07, 6.45) is 13.8. The van der Waals surface area contributed by atoms with Crippen molar-refractivity contribution in [3.8, 4) is 22.3 Å². The SMILES string of the molecule is C=C1/C=C\C(C)(c2ccccc2)c2c(C3=CCCC=C3)ccc(-c3ccccc3)c2-c2ccccc21.CC. The average molecular weight is 493 g/mol. The fourth-order valence-electron chi connectivity index (χ4n) is 5.78. The maximum absolute atomic E-state index is 4.49. The van der Waals surface area contributed by atoms with Gasteiger partial charge in [-0.15, -0.1) is 0 Å². The molecular weight excluding hydrogens is 456 g/mol. The van der Waals surface area contributed by atoms with Gasteiger partial charge in [-0.3, -0.25) is 0 Å². The number of allylic oxidation sites excluding steroid dienone is 7. The molecule has 0 bridgehead atoms. The molecule has 38 heavy (non-hydrogen) atoms. The van der Waals surface area contributed by atoms with Crippen molar-refractivity contribution in [2.75, 3.05) is 0 Å². The van der Waals surface area contributed by atoms with Crippen LogP contribution < -0.4 is 0 Å². The lowest BCUT2D eigenvalue weighted by Gasteiger charge is -2.36. The molecule has 4 aromatic rings. The molecule has 0 saturated carbocycles. The van der Waals surface area contributed by atoms with Crippen LogP contribution in [0.15, 0.2) is 134 Å². The second-order valence-corrected chi connectivity index (χ2v) is 9.89. The van der Waals surface area contributed by atoms with E-state index < -0.39 is 0 Å². The highest BCUT2D eigenvalue weighted by molar-refractivity contribution is 5.98. The number of benzene rings is 4. The van der Waals surface area contributed by atoms with E-state index in [1.807, 2.05) is 13.8 Å². The molecule has 1 atom stereocenters. The van der Waals surface area contributed by atoms with Crippen LogP contribution >= 0.6 is 0 Å². The minimum Gasteiger partial charge on any atom is -0.0911 e. The molecule has 0 radical (unpaired) electrons. The third-order valence-corrected chi connectivity index (χ3v) is 7.65. The summed E-state index contributed by atoms with van der Waals surface area (Å²) < 4.78 is 0. The lowest BCUT2D eigenvalue weighted by atomic mass is 9.67. The topological polar surface area (TPSA) is 0 Å². The van der Waals surface area contributed by atoms with Gasteiger partial charge in [0, 0.05) is 5.41 Å². The van der Waals surface area contributed by atoms with E-state index in [1.165, 1.54) is 50.1 Å². The zero-order valence-electron chi connectivity index (χ0n) is 22.7. The molecule has 2 aliphatic carbocycles. The van der Waals surface area contributed by atoms with Crippen molar-refractivity contribution in [3.05, 3.63) is 156 Å². The van der Waals surface area contributed by atoms with E-state index in [1.54, 1.807) is 0 Å². The van der Waals surface area contributed by atoms with E-state index in [0.29, 0.717) is 0 Å². The lowest BCUT2D eigenvalue weighted by molar-refractivity contribution is 0.723. The Morgan fingerprint density at radius 2 is 1.26 bits per heavy atom. The molecule has 4 aromatic carbocycles. The molecule has 0 N–H and O–H groups in total. The van der Waals surface area contributed by atoms with E-state index in [4.69, 9.17) is 0 Å². The summed E-state index contributed by atoms with van der Waals surface area (Å²) in [7, 11) is 0. The highest BCUT2D eigenvalue weighted by Crippen LogP contribution is 2.50. The van der Waals surface area contributed by atoms with Crippen molar-refractivity contribution in [2.45, 2.75) is 39.0 Å². The monoisotopic (exact) mass is 492 g/mol. The summed E-state index contributed by atoms with van der Waals surface area (Å²) in [4.78, 5) is 0. The van der Waals surface area contributed by atoms with Gasteiger partial charge in [-0.2, -0.15) is 0 Å². The summed E-state index contributed by atoms with van der Waals surface area (Å²) in [5, 5.41) is 0. The van der Waals surface area contributed by atoms with Gasteiger partial charge in [0.15, 0.2) is 0 Å². The van der Waals surface area contributed by atoms with Crippen molar-refractivity contribution < 1.29 is 0 Å². The first-order valence-electron chi connectivity index (χ1n) is 13.8. The van der Waals surface area contributed by atoms with E-state index >= 15 is 0 Å². The van der Waals surface area contributed by atoms with Crippen LogP contribution in [0.2, 0.25) is 0 Å². The fourth-order valence-corrected chi connectivity index (χ4v) is 5.78. The standard InChI is InChI=1S/C36H30.C2H6/c1-26-24-25-36(2,29-18-10-5-11-19-29)35-32(28-16-8-4-9-17-28)23-22-31(27-14-6-3-7-15-27)34(35)33-21-13-12-20-30(26)33;1-2/h3,5-8,10-25H,1,4,9H2,2H3;1-2H3/b25-24-;. The quantitative estimate of drug-likeness (QED) is 0.267. The Morgan fingerprint density at radius 1 is 0.632 bits per heavy atom. The Bertz CT molecular complexity index is 1530. The van der Waals surface area contributed by atoms with Gasteiger partial charge in [0.2, 0.25) is 0 Å². The van der Waals surface area contributed by atoms with Crippen LogP contribution in [0, 0.1) is 0 Å². The van der Waals surface area contributed by atoms with Crippen molar-refractivity contribution in [2.24, 2.45) is 0 Å². The zero-order chi connectivity index (χ0) is 26.5. The van der Waals surface area contributed by atoms with Gasteiger partial charge in [0.1, 0.15) is 0 Å². The molecule has 0 fully saturated rings. The van der Waals surface area contributed by atoms with Crippen LogP contribution in [0.5, 0.6) is 0 Å². The molecular formula is C38H36. The maximum atomic E-state index is 4.49. The van der Waals surface area contributed by atoms with Gasteiger partial charge >= 0.3 is 0 Å². The van der Waals surface area contributed by atoms with Crippen LogP contribution in [0.4, 0.5) is 0 Å². The molecule has 188 valence electrons. The van der Waals surface area contributed by atoms with Crippen LogP contribution in [0.3, 0.4) is 0 Å². The third kappa shape index (κ3) is 4.52. The molecule has 0 saturated heterocycles. The van der Waals surface area contributed by atoms with Gasteiger partial charge < -0.3 is 0 Å². The van der Waals surface area contributed by atoms with E-state index in [0.717, 1.165) is 18.4 Å². The van der Waals surface area contributed by atoms with Crippen LogP contribution in [-0.2, 0) is 5.41 Å². The summed E-state index contributed by atoms with van der Waals surface area (Å²) >= 11 is 0. The van der Waals surface area contributed by atoms with Crippen molar-refractivity contribution in [1.29, 1.82) is 0 Å². The minimum atomic E-state index is -0.348. The third-order valence-electron chi connectivity index (χ3n) is 7.65. The van der Waals surface area contributed by atoms with Crippen LogP contribution in [-0.4, -0.2) is 0 Å². The van der Waals surface area contributed by atoms with Gasteiger partial charge in [-0.05, 0) is 75.4 Å². The Labute approximate surface area is 228 Å². The van der Waals surface area contributed by atoms with Crippen molar-refractivity contribution >= 4 is 11.1 Å². The lowest BCUT2D eigenvalue weighted by Crippen LogP contribution is -2.25.